The van der Waals surface area contributed by atoms with E-state index >= 15 is 0 Å². The van der Waals surface area contributed by atoms with Gasteiger partial charge < -0.3 is 9.47 Å². The molecule has 0 radical (unpaired) electrons. The molecule has 2 aromatic carbocycles. The first-order valence-electron chi connectivity index (χ1n) is 10.0. The molecular weight excluding hydrogens is 414 g/mol. The fourth-order valence-electron chi connectivity index (χ4n) is 2.99. The number of Topliss-reactive ketones (excluding diaryl/α,β-unsaturated/α-hetero) is 1. The highest BCUT2D eigenvalue weighted by Crippen LogP contribution is 2.29. The summed E-state index contributed by atoms with van der Waals surface area (Å²) in [7, 11) is 0. The molecule has 0 bridgehead atoms. The molecule has 8 heteroatoms. The van der Waals surface area contributed by atoms with Crippen LogP contribution in [0.3, 0.4) is 0 Å². The number of rotatable bonds is 6. The van der Waals surface area contributed by atoms with Gasteiger partial charge in [0.25, 0.3) is 11.8 Å². The van der Waals surface area contributed by atoms with Crippen molar-refractivity contribution in [2.75, 3.05) is 18.1 Å². The Morgan fingerprint density at radius 3 is 1.97 bits per heavy atom. The van der Waals surface area contributed by atoms with E-state index in [0.29, 0.717) is 5.56 Å². The van der Waals surface area contributed by atoms with Crippen LogP contribution in [-0.4, -0.2) is 42.7 Å². The van der Waals surface area contributed by atoms with Gasteiger partial charge in [-0.3, -0.25) is 14.4 Å². The number of nitrogens with zero attached hydrogens (tertiary/aromatic N) is 1. The Labute approximate surface area is 185 Å². The molecule has 2 amide bonds. The van der Waals surface area contributed by atoms with Crippen LogP contribution < -0.4 is 4.90 Å². The molecule has 2 aromatic rings. The van der Waals surface area contributed by atoms with Gasteiger partial charge in [0.1, 0.15) is 0 Å². The maximum absolute atomic E-state index is 12.9. The number of fused-ring (bicyclic) bond motifs is 1. The van der Waals surface area contributed by atoms with Crippen LogP contribution >= 0.6 is 0 Å². The van der Waals surface area contributed by atoms with Gasteiger partial charge in [-0.05, 0) is 49.4 Å². The van der Waals surface area contributed by atoms with Crippen LogP contribution in [0, 0.1) is 5.41 Å². The van der Waals surface area contributed by atoms with E-state index in [-0.39, 0.29) is 41.4 Å². The summed E-state index contributed by atoms with van der Waals surface area (Å²) < 4.78 is 9.99. The fraction of sp³-hybridized carbons (Fsp3) is 0.292. The van der Waals surface area contributed by atoms with Gasteiger partial charge in [0.2, 0.25) is 0 Å². The Morgan fingerprint density at radius 2 is 1.38 bits per heavy atom. The second-order valence-corrected chi connectivity index (χ2v) is 8.22. The molecule has 0 aromatic heterocycles. The summed E-state index contributed by atoms with van der Waals surface area (Å²) in [5.41, 5.74) is 0.189. The third-order valence-electron chi connectivity index (χ3n) is 4.93. The van der Waals surface area contributed by atoms with Crippen molar-refractivity contribution < 1.29 is 33.4 Å². The molecule has 1 aliphatic heterocycles. The summed E-state index contributed by atoms with van der Waals surface area (Å²) in [6.45, 7) is 6.70. The van der Waals surface area contributed by atoms with Crippen molar-refractivity contribution in [2.24, 2.45) is 5.41 Å². The van der Waals surface area contributed by atoms with E-state index in [1.807, 2.05) is 0 Å². The van der Waals surface area contributed by atoms with E-state index in [9.17, 15) is 24.0 Å². The van der Waals surface area contributed by atoms with Gasteiger partial charge in [0.05, 0.1) is 34.5 Å². The van der Waals surface area contributed by atoms with Crippen LogP contribution in [0.25, 0.3) is 0 Å². The number of hydrogen-bond donors (Lipinski definition) is 0. The maximum Gasteiger partial charge on any atom is 0.338 e. The van der Waals surface area contributed by atoms with Crippen LogP contribution in [-0.2, 0) is 14.3 Å². The van der Waals surface area contributed by atoms with Crippen molar-refractivity contribution in [1.82, 2.24) is 0 Å². The molecule has 0 N–H and O–H groups in total. The molecule has 0 unspecified atom stereocenters. The molecular formula is C24H23NO7. The predicted octanol–water partition coefficient (Wildman–Crippen LogP) is 3.44. The fourth-order valence-corrected chi connectivity index (χ4v) is 2.99. The molecule has 166 valence electrons. The monoisotopic (exact) mass is 437 g/mol. The molecule has 32 heavy (non-hydrogen) atoms. The van der Waals surface area contributed by atoms with Crippen LogP contribution in [0.15, 0.2) is 42.5 Å². The summed E-state index contributed by atoms with van der Waals surface area (Å²) >= 11 is 0. The molecule has 0 aliphatic carbocycles. The summed E-state index contributed by atoms with van der Waals surface area (Å²) in [4.78, 5) is 62.8. The van der Waals surface area contributed by atoms with Crippen molar-refractivity contribution in [3.8, 4) is 0 Å². The molecule has 1 heterocycles. The van der Waals surface area contributed by atoms with E-state index in [1.165, 1.54) is 42.5 Å². The quantitative estimate of drug-likeness (QED) is 0.503. The minimum Gasteiger partial charge on any atom is -0.462 e. The SMILES string of the molecule is CCOC(=O)c1ccc(N2C(=O)c3ccc(C(=O)OCC(=O)C(C)(C)C)cc3C2=O)cc1. The van der Waals surface area contributed by atoms with Gasteiger partial charge in [-0.1, -0.05) is 20.8 Å². The number of carbonyl (C=O) groups excluding carboxylic acids is 5. The average Bonchev–Trinajstić information content (AvgIpc) is 3.01. The van der Waals surface area contributed by atoms with Crippen molar-refractivity contribution in [2.45, 2.75) is 27.7 Å². The first-order chi connectivity index (χ1) is 15.0. The lowest BCUT2D eigenvalue weighted by molar-refractivity contribution is -0.129. The first kappa shape index (κ1) is 22.9. The largest absolute Gasteiger partial charge is 0.462 e. The van der Waals surface area contributed by atoms with Crippen molar-refractivity contribution >= 4 is 35.2 Å². The minimum absolute atomic E-state index is 0.0565. The van der Waals surface area contributed by atoms with Gasteiger partial charge in [-0.2, -0.15) is 0 Å². The average molecular weight is 437 g/mol. The molecule has 0 atom stereocenters. The number of carbonyl (C=O) groups is 5. The number of amides is 2. The highest BCUT2D eigenvalue weighted by atomic mass is 16.5. The van der Waals surface area contributed by atoms with Crippen molar-refractivity contribution in [1.29, 1.82) is 0 Å². The number of anilines is 1. The smallest absolute Gasteiger partial charge is 0.338 e. The van der Waals surface area contributed by atoms with Crippen LogP contribution in [0.1, 0.15) is 69.1 Å². The Hall–Kier alpha value is -3.81. The second kappa shape index (κ2) is 8.74. The lowest BCUT2D eigenvalue weighted by Crippen LogP contribution is -2.29. The summed E-state index contributed by atoms with van der Waals surface area (Å²) in [5, 5.41) is 0. The normalized spacial score (nSPS) is 13.1. The molecule has 8 nitrogen and oxygen atoms in total. The molecule has 3 rings (SSSR count). The first-order valence-corrected chi connectivity index (χ1v) is 10.0. The summed E-state index contributed by atoms with van der Waals surface area (Å²) in [6.07, 6.45) is 0. The van der Waals surface area contributed by atoms with E-state index < -0.39 is 29.2 Å². The number of ketones is 1. The molecule has 1 aliphatic rings. The second-order valence-electron chi connectivity index (χ2n) is 8.22. The summed E-state index contributed by atoms with van der Waals surface area (Å²) in [6, 6.07) is 9.92. The lowest BCUT2D eigenvalue weighted by atomic mass is 9.91. The topological polar surface area (TPSA) is 107 Å². The predicted molar refractivity (Wildman–Crippen MR) is 115 cm³/mol. The number of ether oxygens (including phenoxy) is 2. The number of esters is 2. The standard InChI is InChI=1S/C24H23NO7/c1-5-31-22(29)14-6-9-16(10-7-14)25-20(27)17-11-8-15(12-18(17)21(25)28)23(30)32-13-19(26)24(2,3)4/h6-12H,5,13H2,1-4H3. The summed E-state index contributed by atoms with van der Waals surface area (Å²) in [5.74, 6) is -2.65. The van der Waals surface area contributed by atoms with Crippen molar-refractivity contribution in [3.05, 3.63) is 64.7 Å². The van der Waals surface area contributed by atoms with Gasteiger partial charge in [-0.25, -0.2) is 14.5 Å². The van der Waals surface area contributed by atoms with Gasteiger partial charge >= 0.3 is 11.9 Å². The molecule has 0 fully saturated rings. The highest BCUT2D eigenvalue weighted by molar-refractivity contribution is 6.34. The van der Waals surface area contributed by atoms with E-state index in [4.69, 9.17) is 9.47 Å². The molecule has 0 saturated heterocycles. The Bertz CT molecular complexity index is 1110. The van der Waals surface area contributed by atoms with Crippen molar-refractivity contribution in [3.63, 3.8) is 0 Å². The Balaban J connectivity index is 1.79. The third kappa shape index (κ3) is 4.44. The number of imide groups is 1. The maximum atomic E-state index is 12.9. The van der Waals surface area contributed by atoms with Gasteiger partial charge in [0.15, 0.2) is 12.4 Å². The van der Waals surface area contributed by atoms with E-state index in [1.54, 1.807) is 27.7 Å². The highest BCUT2D eigenvalue weighted by Gasteiger charge is 2.37. The zero-order valence-electron chi connectivity index (χ0n) is 18.3. The minimum atomic E-state index is -0.761. The number of benzene rings is 2. The Morgan fingerprint density at radius 1 is 0.812 bits per heavy atom. The van der Waals surface area contributed by atoms with Gasteiger partial charge in [0, 0.05) is 5.41 Å². The number of hydrogen-bond acceptors (Lipinski definition) is 7. The van der Waals surface area contributed by atoms with Crippen LogP contribution in [0.2, 0.25) is 0 Å². The third-order valence-corrected chi connectivity index (χ3v) is 4.93. The molecule has 0 saturated carbocycles. The Kier molecular flexibility index (Phi) is 6.25. The molecule has 0 spiro atoms. The lowest BCUT2D eigenvalue weighted by Gasteiger charge is -2.16. The van der Waals surface area contributed by atoms with E-state index in [2.05, 4.69) is 0 Å². The zero-order valence-corrected chi connectivity index (χ0v) is 18.3. The zero-order chi connectivity index (χ0) is 23.6. The van der Waals surface area contributed by atoms with Gasteiger partial charge in [-0.15, -0.1) is 0 Å². The van der Waals surface area contributed by atoms with Crippen LogP contribution in [0.5, 0.6) is 0 Å². The van der Waals surface area contributed by atoms with E-state index in [0.717, 1.165) is 4.90 Å². The van der Waals surface area contributed by atoms with Crippen LogP contribution in [0.4, 0.5) is 5.69 Å².